The van der Waals surface area contributed by atoms with Crippen LogP contribution >= 0.6 is 23.4 Å². The van der Waals surface area contributed by atoms with Gasteiger partial charge in [0.15, 0.2) is 0 Å². The van der Waals surface area contributed by atoms with Gasteiger partial charge in [0.05, 0.1) is 35.8 Å². The number of likely N-dealkylation sites (tertiary alicyclic amines) is 1. The lowest BCUT2D eigenvalue weighted by atomic mass is 9.65. The summed E-state index contributed by atoms with van der Waals surface area (Å²) >= 11 is 7.76. The normalized spacial score (nSPS) is 27.5. The van der Waals surface area contributed by atoms with E-state index in [4.69, 9.17) is 16.3 Å². The van der Waals surface area contributed by atoms with E-state index in [0.29, 0.717) is 35.2 Å². The summed E-state index contributed by atoms with van der Waals surface area (Å²) in [6, 6.07) is 12.8. The van der Waals surface area contributed by atoms with Gasteiger partial charge in [-0.2, -0.15) is 0 Å². The number of carbonyl (C=O) groups is 3. The second-order valence-corrected chi connectivity index (χ2v) is 13.7. The highest BCUT2D eigenvalue weighted by molar-refractivity contribution is 8.02. The third-order valence-corrected chi connectivity index (χ3v) is 11.5. The first-order chi connectivity index (χ1) is 21.1. The Labute approximate surface area is 268 Å². The Morgan fingerprint density at radius 2 is 1.66 bits per heavy atom. The number of anilines is 2. The van der Waals surface area contributed by atoms with Gasteiger partial charge in [-0.15, -0.1) is 24.9 Å². The minimum atomic E-state index is -0.876. The number of rotatable bonds is 12. The maximum atomic E-state index is 14.7. The lowest BCUT2D eigenvalue weighted by Gasteiger charge is -2.41. The molecular formula is C34H40ClN3O5S. The number of nitrogens with zero attached hydrogens (tertiary/aromatic N) is 3. The van der Waals surface area contributed by atoms with Gasteiger partial charge in [-0.1, -0.05) is 30.7 Å². The van der Waals surface area contributed by atoms with Gasteiger partial charge in [-0.05, 0) is 74.7 Å². The van der Waals surface area contributed by atoms with Crippen molar-refractivity contribution >= 4 is 52.5 Å². The largest absolute Gasteiger partial charge is 0.494 e. The summed E-state index contributed by atoms with van der Waals surface area (Å²) in [6.07, 6.45) is 4.02. The van der Waals surface area contributed by atoms with Crippen molar-refractivity contribution in [3.8, 4) is 5.75 Å². The molecule has 3 heterocycles. The van der Waals surface area contributed by atoms with E-state index in [2.05, 4.69) is 20.1 Å². The zero-order chi connectivity index (χ0) is 31.8. The molecule has 3 unspecified atom stereocenters. The number of carbonyl (C=O) groups excluding carboxylic acids is 3. The van der Waals surface area contributed by atoms with Crippen molar-refractivity contribution in [2.24, 2.45) is 17.8 Å². The predicted molar refractivity (Wildman–Crippen MR) is 176 cm³/mol. The van der Waals surface area contributed by atoms with Crippen molar-refractivity contribution in [1.82, 2.24) is 4.90 Å². The maximum Gasteiger partial charge on any atom is 0.251 e. The number of aliphatic hydroxyl groups is 1. The summed E-state index contributed by atoms with van der Waals surface area (Å²) in [4.78, 5) is 48.6. The van der Waals surface area contributed by atoms with Crippen molar-refractivity contribution in [3.63, 3.8) is 0 Å². The molecule has 7 atom stereocenters. The molecule has 10 heteroatoms. The summed E-state index contributed by atoms with van der Waals surface area (Å²) < 4.78 is 4.75. The average molecular weight is 638 g/mol. The maximum absolute atomic E-state index is 14.7. The second kappa shape index (κ2) is 13.0. The Bertz CT molecular complexity index is 1420. The molecule has 3 aliphatic heterocycles. The molecule has 2 aromatic carbocycles. The van der Waals surface area contributed by atoms with E-state index < -0.39 is 28.7 Å². The van der Waals surface area contributed by atoms with Gasteiger partial charge in [0.1, 0.15) is 11.8 Å². The van der Waals surface area contributed by atoms with Crippen molar-refractivity contribution < 1.29 is 24.2 Å². The molecule has 3 aliphatic rings. The lowest BCUT2D eigenvalue weighted by molar-refractivity contribution is -0.141. The molecule has 0 aromatic heterocycles. The molecule has 0 aliphatic carbocycles. The molecule has 8 nitrogen and oxygen atoms in total. The average Bonchev–Trinajstić information content (AvgIpc) is 3.62. The van der Waals surface area contributed by atoms with Gasteiger partial charge >= 0.3 is 0 Å². The standard InChI is InChI=1S/C34H40ClN3O5S/c1-6-17-36(25-13-15-26(16-14-25)43-8-3)31(40)28-27-19-21(4)34(44-27)29(28)32(41)38(22(5)20-39)30(34)33(42)37(18-7-2)24-11-9-23(35)10-12-24/h6-7,9-16,21-22,27-30,39H,1-2,8,17-20H2,3-5H3/t21?,22-,27+,28-,29+,30?,34?/m1/s1. The van der Waals surface area contributed by atoms with Crippen LogP contribution in [0.4, 0.5) is 11.4 Å². The van der Waals surface area contributed by atoms with Crippen LogP contribution in [0.2, 0.25) is 5.02 Å². The van der Waals surface area contributed by atoms with Gasteiger partial charge in [0.2, 0.25) is 11.8 Å². The van der Waals surface area contributed by atoms with Gasteiger partial charge in [-0.25, -0.2) is 0 Å². The Hall–Kier alpha value is -3.27. The Balaban J connectivity index is 1.57. The fourth-order valence-corrected chi connectivity index (χ4v) is 9.85. The van der Waals surface area contributed by atoms with Gasteiger partial charge in [0.25, 0.3) is 5.91 Å². The van der Waals surface area contributed by atoms with Crippen molar-refractivity contribution in [2.45, 2.75) is 49.3 Å². The molecule has 2 aromatic rings. The van der Waals surface area contributed by atoms with Crippen LogP contribution in [0.3, 0.4) is 0 Å². The highest BCUT2D eigenvalue weighted by Crippen LogP contribution is 2.69. The number of hydrogen-bond acceptors (Lipinski definition) is 6. The van der Waals surface area contributed by atoms with Gasteiger partial charge in [0, 0.05) is 34.7 Å². The van der Waals surface area contributed by atoms with Crippen LogP contribution in [0.25, 0.3) is 0 Å². The number of fused-ring (bicyclic) bond motifs is 1. The van der Waals surface area contributed by atoms with Crippen LogP contribution in [-0.4, -0.2) is 76.1 Å². The number of amides is 3. The summed E-state index contributed by atoms with van der Waals surface area (Å²) in [5.41, 5.74) is 1.32. The molecule has 2 bridgehead atoms. The predicted octanol–water partition coefficient (Wildman–Crippen LogP) is 5.19. The third kappa shape index (κ3) is 5.22. The van der Waals surface area contributed by atoms with Crippen LogP contribution in [0.5, 0.6) is 5.75 Å². The first kappa shape index (κ1) is 32.1. The zero-order valence-electron chi connectivity index (χ0n) is 25.4. The molecule has 0 radical (unpaired) electrons. The van der Waals surface area contributed by atoms with E-state index in [1.807, 2.05) is 31.2 Å². The second-order valence-electron chi connectivity index (χ2n) is 11.7. The lowest BCUT2D eigenvalue weighted by Crippen LogP contribution is -2.59. The minimum Gasteiger partial charge on any atom is -0.494 e. The topological polar surface area (TPSA) is 90.4 Å². The van der Waals surface area contributed by atoms with Crippen LogP contribution in [-0.2, 0) is 14.4 Å². The number of hydrogen-bond donors (Lipinski definition) is 1. The van der Waals surface area contributed by atoms with Crippen LogP contribution in [0.15, 0.2) is 73.8 Å². The van der Waals surface area contributed by atoms with Crippen LogP contribution < -0.4 is 14.5 Å². The quantitative estimate of drug-likeness (QED) is 0.322. The molecule has 1 N–H and O–H groups in total. The summed E-state index contributed by atoms with van der Waals surface area (Å²) in [5, 5.41) is 10.7. The van der Waals surface area contributed by atoms with Crippen LogP contribution in [0.1, 0.15) is 27.2 Å². The molecule has 0 saturated carbocycles. The van der Waals surface area contributed by atoms with Gasteiger partial charge < -0.3 is 24.5 Å². The number of benzene rings is 2. The first-order valence-electron chi connectivity index (χ1n) is 15.1. The molecule has 1 spiro atoms. The van der Waals surface area contributed by atoms with Crippen LogP contribution in [0, 0.1) is 17.8 Å². The van der Waals surface area contributed by atoms with E-state index in [9.17, 15) is 19.5 Å². The molecule has 5 rings (SSSR count). The molecule has 44 heavy (non-hydrogen) atoms. The Kier molecular flexibility index (Phi) is 9.49. The highest BCUT2D eigenvalue weighted by Gasteiger charge is 2.76. The molecule has 234 valence electrons. The van der Waals surface area contributed by atoms with Crippen molar-refractivity contribution in [1.29, 1.82) is 0 Å². The molecule has 3 amide bonds. The summed E-state index contributed by atoms with van der Waals surface area (Å²) in [6.45, 7) is 14.2. The number of ether oxygens (including phenoxy) is 1. The zero-order valence-corrected chi connectivity index (χ0v) is 27.0. The fourth-order valence-electron chi connectivity index (χ4n) is 7.32. The van der Waals surface area contributed by atoms with E-state index in [1.165, 1.54) is 0 Å². The minimum absolute atomic E-state index is 0.0190. The Morgan fingerprint density at radius 1 is 1.09 bits per heavy atom. The number of aliphatic hydroxyl groups excluding tert-OH is 1. The summed E-state index contributed by atoms with van der Waals surface area (Å²) in [7, 11) is 0. The van der Waals surface area contributed by atoms with Crippen molar-refractivity contribution in [2.75, 3.05) is 36.1 Å². The molecule has 3 saturated heterocycles. The molecule has 3 fully saturated rings. The summed E-state index contributed by atoms with van der Waals surface area (Å²) in [5.74, 6) is -1.35. The highest BCUT2D eigenvalue weighted by atomic mass is 35.5. The number of thioether (sulfide) groups is 1. The van der Waals surface area contributed by atoms with E-state index in [0.717, 1.165) is 0 Å². The van der Waals surface area contributed by atoms with Crippen molar-refractivity contribution in [3.05, 3.63) is 78.9 Å². The van der Waals surface area contributed by atoms with E-state index in [1.54, 1.807) is 69.8 Å². The van der Waals surface area contributed by atoms with E-state index >= 15 is 0 Å². The van der Waals surface area contributed by atoms with E-state index in [-0.39, 0.29) is 48.6 Å². The third-order valence-electron chi connectivity index (χ3n) is 9.19. The number of halogens is 1. The molecular weight excluding hydrogens is 598 g/mol. The van der Waals surface area contributed by atoms with Gasteiger partial charge in [-0.3, -0.25) is 14.4 Å². The smallest absolute Gasteiger partial charge is 0.251 e. The SMILES string of the molecule is C=CCN(C(=O)C1N([C@H](C)CO)C(=O)[C@@H]2[C@H](C(=O)N(CC=C)c3ccc(OCC)cc3)[C@@H]3CC(C)C12S3)c1ccc(Cl)cc1. The fraction of sp³-hybridized carbons (Fsp3) is 0.441. The first-order valence-corrected chi connectivity index (χ1v) is 16.3. The Morgan fingerprint density at radius 3 is 2.20 bits per heavy atom. The monoisotopic (exact) mass is 637 g/mol.